The maximum absolute atomic E-state index is 13.3. The third-order valence-electron chi connectivity index (χ3n) is 7.32. The van der Waals surface area contributed by atoms with E-state index in [1.165, 1.54) is 9.80 Å². The van der Waals surface area contributed by atoms with E-state index in [9.17, 15) is 19.2 Å². The number of pyridine rings is 2. The van der Waals surface area contributed by atoms with Gasteiger partial charge in [-0.1, -0.05) is 24.3 Å². The summed E-state index contributed by atoms with van der Waals surface area (Å²) in [7, 11) is 0. The molecule has 3 aliphatic carbocycles. The zero-order valence-electron chi connectivity index (χ0n) is 17.1. The molecule has 5 aliphatic rings. The summed E-state index contributed by atoms with van der Waals surface area (Å²) < 4.78 is 0. The Labute approximate surface area is 183 Å². The van der Waals surface area contributed by atoms with Crippen LogP contribution in [0.3, 0.4) is 0 Å². The first-order chi connectivity index (χ1) is 15.6. The van der Waals surface area contributed by atoms with Crippen molar-refractivity contribution >= 4 is 23.6 Å². The number of hydrogen-bond donors (Lipinski definition) is 0. The van der Waals surface area contributed by atoms with E-state index in [0.717, 1.165) is 11.1 Å². The minimum absolute atomic E-state index is 0.155. The van der Waals surface area contributed by atoms with E-state index >= 15 is 0 Å². The van der Waals surface area contributed by atoms with Crippen molar-refractivity contribution in [3.63, 3.8) is 0 Å². The van der Waals surface area contributed by atoms with Gasteiger partial charge in [-0.15, -0.1) is 0 Å². The van der Waals surface area contributed by atoms with Crippen LogP contribution in [0.1, 0.15) is 11.1 Å². The van der Waals surface area contributed by atoms with Crippen molar-refractivity contribution in [1.29, 1.82) is 0 Å². The van der Waals surface area contributed by atoms with Crippen LogP contribution in [-0.4, -0.2) is 43.4 Å². The normalized spacial score (nSPS) is 32.6. The van der Waals surface area contributed by atoms with Gasteiger partial charge in [0.1, 0.15) is 0 Å². The van der Waals surface area contributed by atoms with Crippen molar-refractivity contribution in [2.24, 2.45) is 35.5 Å². The second-order valence-corrected chi connectivity index (χ2v) is 8.89. The molecule has 7 rings (SSSR count). The summed E-state index contributed by atoms with van der Waals surface area (Å²) in [5, 5.41) is 0. The molecule has 4 amide bonds. The van der Waals surface area contributed by atoms with Crippen molar-refractivity contribution in [1.82, 2.24) is 19.8 Å². The number of nitrogens with zero attached hydrogens (tertiary/aromatic N) is 4. The molecule has 160 valence electrons. The first kappa shape index (κ1) is 19.0. The summed E-state index contributed by atoms with van der Waals surface area (Å²) in [6.45, 7) is 0.310. The van der Waals surface area contributed by atoms with E-state index in [4.69, 9.17) is 0 Å². The van der Waals surface area contributed by atoms with Crippen molar-refractivity contribution in [2.45, 2.75) is 13.1 Å². The number of imide groups is 2. The lowest BCUT2D eigenvalue weighted by Crippen LogP contribution is -2.50. The maximum Gasteiger partial charge on any atom is 0.234 e. The van der Waals surface area contributed by atoms with E-state index in [1.807, 2.05) is 24.3 Å². The van der Waals surface area contributed by atoms with E-state index < -0.39 is 35.5 Å². The molecule has 32 heavy (non-hydrogen) atoms. The molecule has 2 aromatic rings. The number of hydrogen-bond acceptors (Lipinski definition) is 6. The summed E-state index contributed by atoms with van der Waals surface area (Å²) in [6.07, 6.45) is 10.3. The lowest BCUT2D eigenvalue weighted by Gasteiger charge is -2.44. The quantitative estimate of drug-likeness (QED) is 0.536. The highest BCUT2D eigenvalue weighted by atomic mass is 16.2. The fourth-order valence-electron chi connectivity index (χ4n) is 6.01. The Balaban J connectivity index is 1.31. The van der Waals surface area contributed by atoms with Crippen LogP contribution >= 0.6 is 0 Å². The topological polar surface area (TPSA) is 101 Å². The molecule has 2 unspecified atom stereocenters. The fraction of sp³-hybridized carbons (Fsp3) is 0.333. The molecule has 2 saturated heterocycles. The highest BCUT2D eigenvalue weighted by Gasteiger charge is 2.68. The molecular formula is C24H20N4O4. The Kier molecular flexibility index (Phi) is 4.11. The number of allylic oxidation sites excluding steroid dienone is 2. The molecule has 0 radical (unpaired) electrons. The number of amides is 4. The molecule has 8 nitrogen and oxygen atoms in total. The highest BCUT2D eigenvalue weighted by molar-refractivity contribution is 6.10. The van der Waals surface area contributed by atoms with E-state index in [1.54, 1.807) is 36.9 Å². The first-order valence-corrected chi connectivity index (χ1v) is 10.7. The fourth-order valence-corrected chi connectivity index (χ4v) is 6.01. The van der Waals surface area contributed by atoms with Crippen molar-refractivity contribution < 1.29 is 19.2 Å². The van der Waals surface area contributed by atoms with Crippen LogP contribution < -0.4 is 0 Å². The third-order valence-corrected chi connectivity index (χ3v) is 7.32. The molecule has 4 heterocycles. The Hall–Kier alpha value is -3.68. The molecule has 0 N–H and O–H groups in total. The van der Waals surface area contributed by atoms with E-state index in [2.05, 4.69) is 9.97 Å². The lowest BCUT2D eigenvalue weighted by molar-refractivity contribution is -0.140. The monoisotopic (exact) mass is 428 g/mol. The van der Waals surface area contributed by atoms with Crippen LogP contribution in [0.25, 0.3) is 0 Å². The van der Waals surface area contributed by atoms with E-state index in [-0.39, 0.29) is 36.7 Å². The molecule has 0 aromatic carbocycles. The average Bonchev–Trinajstić information content (AvgIpc) is 3.24. The number of aromatic nitrogens is 2. The van der Waals surface area contributed by atoms with E-state index in [0.29, 0.717) is 0 Å². The Morgan fingerprint density at radius 3 is 1.31 bits per heavy atom. The standard InChI is InChI=1S/C24H20N4O4/c29-21-17-15-5-6-16(18(17)22(30)27(21)11-13-3-1-7-25-9-13)20-19(15)23(31)28(24(20)32)12-14-4-2-8-26-10-14/h1-10,15-20H,11-12H2/t15?,16?,17-,18+,19+,20-. The van der Waals surface area contributed by atoms with Crippen molar-refractivity contribution in [3.8, 4) is 0 Å². The summed E-state index contributed by atoms with van der Waals surface area (Å²) in [5.74, 6) is -4.28. The molecule has 2 aliphatic heterocycles. The van der Waals surface area contributed by atoms with Crippen LogP contribution in [0.2, 0.25) is 0 Å². The van der Waals surface area contributed by atoms with Gasteiger partial charge in [-0.05, 0) is 23.3 Å². The molecule has 2 aromatic heterocycles. The van der Waals surface area contributed by atoms with Crippen molar-refractivity contribution in [2.75, 3.05) is 0 Å². The van der Waals surface area contributed by atoms with Gasteiger partial charge in [-0.3, -0.25) is 38.9 Å². The van der Waals surface area contributed by atoms with Gasteiger partial charge in [0, 0.05) is 36.6 Å². The molecule has 6 atom stereocenters. The number of carbonyl (C=O) groups excluding carboxylic acids is 4. The van der Waals surface area contributed by atoms with Gasteiger partial charge in [-0.25, -0.2) is 0 Å². The molecular weight excluding hydrogens is 408 g/mol. The molecule has 3 fully saturated rings. The number of carbonyl (C=O) groups is 4. The Morgan fingerprint density at radius 1 is 0.625 bits per heavy atom. The molecule has 2 bridgehead atoms. The molecule has 1 saturated carbocycles. The van der Waals surface area contributed by atoms with Gasteiger partial charge in [0.25, 0.3) is 0 Å². The smallest absolute Gasteiger partial charge is 0.234 e. The zero-order chi connectivity index (χ0) is 22.0. The highest BCUT2D eigenvalue weighted by Crippen LogP contribution is 2.58. The average molecular weight is 428 g/mol. The van der Waals surface area contributed by atoms with Crippen LogP contribution in [-0.2, 0) is 32.3 Å². The third kappa shape index (κ3) is 2.55. The van der Waals surface area contributed by atoms with Gasteiger partial charge >= 0.3 is 0 Å². The van der Waals surface area contributed by atoms with Gasteiger partial charge in [-0.2, -0.15) is 0 Å². The van der Waals surface area contributed by atoms with Gasteiger partial charge in [0.2, 0.25) is 23.6 Å². The van der Waals surface area contributed by atoms with Crippen LogP contribution in [0.15, 0.2) is 61.2 Å². The van der Waals surface area contributed by atoms with Crippen LogP contribution in [0, 0.1) is 35.5 Å². The SMILES string of the molecule is O=C1[C@@H]2C3C=CC([C@H]4C(=O)N(Cc5cccnc5)C(=O)[C@@H]34)[C@@H]2C(=O)N1Cc1cccnc1. The largest absolute Gasteiger partial charge is 0.278 e. The van der Waals surface area contributed by atoms with Gasteiger partial charge in [0.05, 0.1) is 36.8 Å². The number of rotatable bonds is 4. The Morgan fingerprint density at radius 2 is 1.00 bits per heavy atom. The Bertz CT molecular complexity index is 1030. The minimum atomic E-state index is -0.592. The summed E-state index contributed by atoms with van der Waals surface area (Å²) >= 11 is 0. The first-order valence-electron chi connectivity index (χ1n) is 10.7. The molecule has 8 heteroatoms. The predicted molar refractivity (Wildman–Crippen MR) is 110 cm³/mol. The summed E-state index contributed by atoms with van der Waals surface area (Å²) in [5.41, 5.74) is 1.53. The second kappa shape index (κ2) is 6.91. The lowest BCUT2D eigenvalue weighted by atomic mass is 9.54. The minimum Gasteiger partial charge on any atom is -0.278 e. The van der Waals surface area contributed by atoms with Gasteiger partial charge < -0.3 is 0 Å². The van der Waals surface area contributed by atoms with Crippen molar-refractivity contribution in [3.05, 3.63) is 72.3 Å². The predicted octanol–water partition coefficient (Wildman–Crippen LogP) is 1.19. The second-order valence-electron chi connectivity index (χ2n) is 8.89. The van der Waals surface area contributed by atoms with Crippen LogP contribution in [0.5, 0.6) is 0 Å². The maximum atomic E-state index is 13.3. The zero-order valence-corrected chi connectivity index (χ0v) is 17.1. The summed E-state index contributed by atoms with van der Waals surface area (Å²) in [6, 6.07) is 7.16. The van der Waals surface area contributed by atoms with Gasteiger partial charge in [0.15, 0.2) is 0 Å². The van der Waals surface area contributed by atoms with Crippen LogP contribution in [0.4, 0.5) is 0 Å². The summed E-state index contributed by atoms with van der Waals surface area (Å²) in [4.78, 5) is 64.0. The molecule has 0 spiro atoms. The number of likely N-dealkylation sites (tertiary alicyclic amines) is 2.